The summed E-state index contributed by atoms with van der Waals surface area (Å²) < 4.78 is 5.17. The average Bonchev–Trinajstić information content (AvgIpc) is 2.38. The van der Waals surface area contributed by atoms with E-state index in [9.17, 15) is 15.3 Å². The van der Waals surface area contributed by atoms with Gasteiger partial charge in [-0.2, -0.15) is 0 Å². The van der Waals surface area contributed by atoms with Crippen molar-refractivity contribution in [3.05, 3.63) is 0 Å². The van der Waals surface area contributed by atoms with Gasteiger partial charge in [-0.15, -0.1) is 0 Å². The van der Waals surface area contributed by atoms with Crippen LogP contribution in [0.25, 0.3) is 0 Å². The number of hydrogen-bond donors (Lipinski definition) is 3. The van der Waals surface area contributed by atoms with E-state index in [4.69, 9.17) is 4.74 Å². The van der Waals surface area contributed by atoms with Crippen molar-refractivity contribution < 1.29 is 20.1 Å². The lowest BCUT2D eigenvalue weighted by Gasteiger charge is -2.39. The van der Waals surface area contributed by atoms with Gasteiger partial charge in [-0.1, -0.05) is 26.7 Å². The summed E-state index contributed by atoms with van der Waals surface area (Å²) in [6, 6.07) is 0. The van der Waals surface area contributed by atoms with Gasteiger partial charge in [0.05, 0.1) is 31.5 Å². The van der Waals surface area contributed by atoms with Crippen LogP contribution in [0.1, 0.15) is 65.2 Å². The van der Waals surface area contributed by atoms with Crippen molar-refractivity contribution in [3.8, 4) is 0 Å². The van der Waals surface area contributed by atoms with Crippen molar-refractivity contribution >= 4 is 0 Å². The fourth-order valence-electron chi connectivity index (χ4n) is 2.74. The van der Waals surface area contributed by atoms with E-state index in [2.05, 4.69) is 13.8 Å². The molecule has 4 heteroatoms. The molecule has 0 amide bonds. The molecule has 0 aromatic heterocycles. The van der Waals surface area contributed by atoms with Gasteiger partial charge in [-0.3, -0.25) is 0 Å². The van der Waals surface area contributed by atoms with Gasteiger partial charge in [0.1, 0.15) is 0 Å². The molecule has 0 bridgehead atoms. The van der Waals surface area contributed by atoms with Crippen molar-refractivity contribution in [3.63, 3.8) is 0 Å². The highest BCUT2D eigenvalue weighted by Gasteiger charge is 2.35. The molecule has 20 heavy (non-hydrogen) atoms. The summed E-state index contributed by atoms with van der Waals surface area (Å²) in [5.41, 5.74) is 0.126. The molecular formula is C16H32O4. The van der Waals surface area contributed by atoms with Crippen LogP contribution >= 0.6 is 0 Å². The Balaban J connectivity index is 2.05. The molecule has 3 unspecified atom stereocenters. The van der Waals surface area contributed by atoms with Crippen LogP contribution in [0.2, 0.25) is 0 Å². The van der Waals surface area contributed by atoms with Crippen molar-refractivity contribution in [1.29, 1.82) is 0 Å². The minimum Gasteiger partial charge on any atom is -0.393 e. The van der Waals surface area contributed by atoms with Gasteiger partial charge in [-0.25, -0.2) is 0 Å². The minimum atomic E-state index is -0.411. The van der Waals surface area contributed by atoms with Crippen LogP contribution in [-0.4, -0.2) is 46.8 Å². The van der Waals surface area contributed by atoms with Crippen LogP contribution in [-0.2, 0) is 4.74 Å². The molecule has 1 aliphatic rings. The second-order valence-corrected chi connectivity index (χ2v) is 6.77. The van der Waals surface area contributed by atoms with Gasteiger partial charge in [0, 0.05) is 5.41 Å². The number of hydrogen-bond acceptors (Lipinski definition) is 4. The van der Waals surface area contributed by atoms with Crippen LogP contribution in [0.5, 0.6) is 0 Å². The van der Waals surface area contributed by atoms with E-state index in [-0.39, 0.29) is 17.6 Å². The first-order valence-electron chi connectivity index (χ1n) is 8.07. The number of aliphatic hydroxyl groups is 3. The lowest BCUT2D eigenvalue weighted by molar-refractivity contribution is -0.122. The number of ether oxygens (including phenoxy) is 1. The monoisotopic (exact) mass is 288 g/mol. The number of rotatable bonds is 11. The van der Waals surface area contributed by atoms with Gasteiger partial charge < -0.3 is 20.1 Å². The molecule has 1 heterocycles. The molecule has 0 aliphatic carbocycles. The molecule has 0 saturated carbocycles. The Morgan fingerprint density at radius 3 is 1.85 bits per heavy atom. The first-order valence-corrected chi connectivity index (χ1v) is 8.07. The van der Waals surface area contributed by atoms with Crippen LogP contribution in [0, 0.1) is 5.41 Å². The molecule has 0 aromatic carbocycles. The molecule has 4 nitrogen and oxygen atoms in total. The summed E-state index contributed by atoms with van der Waals surface area (Å²) in [5, 5.41) is 29.6. The summed E-state index contributed by atoms with van der Waals surface area (Å²) in [7, 11) is 0. The molecule has 3 atom stereocenters. The summed E-state index contributed by atoms with van der Waals surface area (Å²) in [5.74, 6) is 0. The SMILES string of the molecule is CCCCC(O)CCC(O)CCC(O)CC1(C)COC1. The molecule has 3 N–H and O–H groups in total. The maximum atomic E-state index is 9.98. The molecule has 1 saturated heterocycles. The summed E-state index contributed by atoms with van der Waals surface area (Å²) in [6.07, 6.45) is 5.16. The number of unbranched alkanes of at least 4 members (excludes halogenated alkanes) is 1. The Bertz CT molecular complexity index is 253. The fraction of sp³-hybridized carbons (Fsp3) is 1.00. The van der Waals surface area contributed by atoms with Crippen molar-refractivity contribution in [2.24, 2.45) is 5.41 Å². The Labute approximate surface area is 123 Å². The third-order valence-electron chi connectivity index (χ3n) is 4.19. The van der Waals surface area contributed by atoms with Gasteiger partial charge in [0.2, 0.25) is 0 Å². The quantitative estimate of drug-likeness (QED) is 0.545. The molecule has 0 aromatic rings. The van der Waals surface area contributed by atoms with E-state index < -0.39 is 6.10 Å². The van der Waals surface area contributed by atoms with Gasteiger partial charge in [-0.05, 0) is 38.5 Å². The highest BCUT2D eigenvalue weighted by Crippen LogP contribution is 2.32. The van der Waals surface area contributed by atoms with Gasteiger partial charge in [0.25, 0.3) is 0 Å². The van der Waals surface area contributed by atoms with E-state index in [1.807, 2.05) is 0 Å². The maximum absolute atomic E-state index is 9.98. The zero-order valence-electron chi connectivity index (χ0n) is 13.1. The standard InChI is InChI=1S/C16H32O4/c1-3-4-5-13(17)6-7-14(18)8-9-15(19)10-16(2)11-20-12-16/h13-15,17-19H,3-12H2,1-2H3. The normalized spacial score (nSPS) is 22.1. The van der Waals surface area contributed by atoms with Crippen LogP contribution < -0.4 is 0 Å². The summed E-state index contributed by atoms with van der Waals surface area (Å²) >= 11 is 0. The molecule has 1 fully saturated rings. The Morgan fingerprint density at radius 2 is 1.40 bits per heavy atom. The zero-order valence-corrected chi connectivity index (χ0v) is 13.1. The second-order valence-electron chi connectivity index (χ2n) is 6.77. The molecule has 0 radical (unpaired) electrons. The van der Waals surface area contributed by atoms with E-state index in [1.165, 1.54) is 0 Å². The minimum absolute atomic E-state index is 0.126. The number of aliphatic hydroxyl groups excluding tert-OH is 3. The highest BCUT2D eigenvalue weighted by atomic mass is 16.5. The van der Waals surface area contributed by atoms with Crippen molar-refractivity contribution in [2.45, 2.75) is 83.5 Å². The summed E-state index contributed by atoms with van der Waals surface area (Å²) in [4.78, 5) is 0. The topological polar surface area (TPSA) is 69.9 Å². The third-order valence-corrected chi connectivity index (χ3v) is 4.19. The van der Waals surface area contributed by atoms with E-state index in [0.717, 1.165) is 38.9 Å². The summed E-state index contributed by atoms with van der Waals surface area (Å²) in [6.45, 7) is 5.70. The third kappa shape index (κ3) is 7.02. The fourth-order valence-corrected chi connectivity index (χ4v) is 2.74. The first-order chi connectivity index (χ1) is 9.45. The van der Waals surface area contributed by atoms with E-state index >= 15 is 0 Å². The molecular weight excluding hydrogens is 256 g/mol. The lowest BCUT2D eigenvalue weighted by Crippen LogP contribution is -2.42. The van der Waals surface area contributed by atoms with E-state index in [0.29, 0.717) is 25.7 Å². The zero-order chi connectivity index (χ0) is 15.0. The molecule has 1 rings (SSSR count). The van der Waals surface area contributed by atoms with Gasteiger partial charge in [0.15, 0.2) is 0 Å². The Morgan fingerprint density at radius 1 is 0.900 bits per heavy atom. The predicted octanol–water partition coefficient (Wildman–Crippen LogP) is 2.25. The Kier molecular flexibility index (Phi) is 8.03. The van der Waals surface area contributed by atoms with Crippen LogP contribution in [0.15, 0.2) is 0 Å². The highest BCUT2D eigenvalue weighted by molar-refractivity contribution is 4.83. The average molecular weight is 288 g/mol. The van der Waals surface area contributed by atoms with Crippen molar-refractivity contribution in [1.82, 2.24) is 0 Å². The van der Waals surface area contributed by atoms with Gasteiger partial charge >= 0.3 is 0 Å². The van der Waals surface area contributed by atoms with Crippen LogP contribution in [0.4, 0.5) is 0 Å². The molecule has 1 aliphatic heterocycles. The Hall–Kier alpha value is -0.160. The first kappa shape index (κ1) is 17.9. The lowest BCUT2D eigenvalue weighted by atomic mass is 9.81. The largest absolute Gasteiger partial charge is 0.393 e. The predicted molar refractivity (Wildman–Crippen MR) is 79.6 cm³/mol. The molecule has 0 spiro atoms. The van der Waals surface area contributed by atoms with Crippen molar-refractivity contribution in [2.75, 3.05) is 13.2 Å². The smallest absolute Gasteiger partial charge is 0.0548 e. The van der Waals surface area contributed by atoms with E-state index in [1.54, 1.807) is 0 Å². The van der Waals surface area contributed by atoms with Crippen LogP contribution in [0.3, 0.4) is 0 Å². The second kappa shape index (κ2) is 8.98. The maximum Gasteiger partial charge on any atom is 0.0548 e. The molecule has 120 valence electrons.